The van der Waals surface area contributed by atoms with Crippen molar-refractivity contribution in [2.75, 3.05) is 11.1 Å². The Bertz CT molecular complexity index is 707. The maximum atomic E-state index is 11.9. The Morgan fingerprint density at radius 3 is 2.29 bits per heavy atom. The van der Waals surface area contributed by atoms with Crippen molar-refractivity contribution in [3.63, 3.8) is 0 Å². The van der Waals surface area contributed by atoms with Crippen LogP contribution in [0.1, 0.15) is 12.5 Å². The van der Waals surface area contributed by atoms with Gasteiger partial charge in [0.05, 0.1) is 17.1 Å². The van der Waals surface area contributed by atoms with Crippen LogP contribution in [0.25, 0.3) is 0 Å². The molecule has 0 bridgehead atoms. The lowest BCUT2D eigenvalue weighted by atomic mass is 10.1. The monoisotopic (exact) mass is 302 g/mol. The smallest absolute Gasteiger partial charge is 0.228 e. The van der Waals surface area contributed by atoms with Gasteiger partial charge in [0.25, 0.3) is 0 Å². The molecular formula is C16H16NO3S. The van der Waals surface area contributed by atoms with Gasteiger partial charge in [-0.25, -0.2) is 8.42 Å². The molecule has 2 aromatic rings. The summed E-state index contributed by atoms with van der Waals surface area (Å²) in [6.07, 6.45) is 0.199. The quantitative estimate of drug-likeness (QED) is 0.923. The molecule has 4 nitrogen and oxygen atoms in total. The van der Waals surface area contributed by atoms with Crippen molar-refractivity contribution in [2.45, 2.75) is 18.2 Å². The first-order chi connectivity index (χ1) is 10.0. The number of carbonyl (C=O) groups excluding carboxylic acids is 1. The van der Waals surface area contributed by atoms with Gasteiger partial charge in [0.15, 0.2) is 9.84 Å². The summed E-state index contributed by atoms with van der Waals surface area (Å²) in [5, 5.41) is 2.77. The van der Waals surface area contributed by atoms with Gasteiger partial charge in [-0.2, -0.15) is 0 Å². The summed E-state index contributed by atoms with van der Waals surface area (Å²) in [6, 6.07) is 16.3. The van der Waals surface area contributed by atoms with Crippen LogP contribution in [0.3, 0.4) is 0 Å². The first-order valence-corrected chi connectivity index (χ1v) is 8.24. The maximum absolute atomic E-state index is 11.9. The number of hydrogen-bond donors (Lipinski definition) is 1. The average molecular weight is 302 g/mol. The number of nitrogens with one attached hydrogen (secondary N) is 1. The van der Waals surface area contributed by atoms with Crippen molar-refractivity contribution >= 4 is 21.4 Å². The van der Waals surface area contributed by atoms with Gasteiger partial charge >= 0.3 is 0 Å². The van der Waals surface area contributed by atoms with Gasteiger partial charge in [-0.3, -0.25) is 4.79 Å². The number of rotatable bonds is 5. The molecule has 0 aliphatic carbocycles. The molecule has 1 radical (unpaired) electrons. The first-order valence-electron chi connectivity index (χ1n) is 6.59. The minimum atomic E-state index is -3.20. The Balaban J connectivity index is 2.02. The fourth-order valence-corrected chi connectivity index (χ4v) is 2.73. The number of anilines is 1. The second-order valence-corrected chi connectivity index (χ2v) is 6.84. The van der Waals surface area contributed by atoms with Gasteiger partial charge in [0, 0.05) is 5.69 Å². The van der Waals surface area contributed by atoms with Crippen LogP contribution >= 0.6 is 0 Å². The molecule has 0 saturated carbocycles. The standard InChI is InChI=1S/C16H16NO3S/c1-2-21(19,20)15-10-8-13(9-11-15)12-16(18)17-14-6-4-3-5-7-14/h4-11H,2,12H2,1H3,(H,17,18). The molecule has 2 aromatic carbocycles. The zero-order valence-electron chi connectivity index (χ0n) is 11.7. The molecule has 0 fully saturated rings. The Morgan fingerprint density at radius 2 is 1.71 bits per heavy atom. The van der Waals surface area contributed by atoms with Gasteiger partial charge in [-0.1, -0.05) is 31.2 Å². The maximum Gasteiger partial charge on any atom is 0.228 e. The molecule has 1 amide bonds. The molecule has 0 heterocycles. The molecule has 2 rings (SSSR count). The SMILES string of the molecule is CCS(=O)(=O)c1ccc(CC(=O)Nc2cc[c]cc2)cc1. The molecule has 0 aliphatic rings. The van der Waals surface area contributed by atoms with Gasteiger partial charge in [0.1, 0.15) is 0 Å². The molecule has 0 spiro atoms. The number of sulfone groups is 1. The van der Waals surface area contributed by atoms with E-state index in [-0.39, 0.29) is 23.0 Å². The van der Waals surface area contributed by atoms with Crippen molar-refractivity contribution in [1.82, 2.24) is 0 Å². The first kappa shape index (κ1) is 15.3. The van der Waals surface area contributed by atoms with Crippen LogP contribution in [-0.2, 0) is 21.1 Å². The van der Waals surface area contributed by atoms with E-state index in [1.807, 2.05) is 0 Å². The van der Waals surface area contributed by atoms with E-state index in [1.54, 1.807) is 55.5 Å². The third-order valence-corrected chi connectivity index (χ3v) is 4.78. The zero-order valence-corrected chi connectivity index (χ0v) is 12.5. The highest BCUT2D eigenvalue weighted by molar-refractivity contribution is 7.91. The van der Waals surface area contributed by atoms with Gasteiger partial charge in [-0.15, -0.1) is 0 Å². The van der Waals surface area contributed by atoms with E-state index in [0.29, 0.717) is 5.69 Å². The van der Waals surface area contributed by atoms with Crippen LogP contribution in [-0.4, -0.2) is 20.1 Å². The highest BCUT2D eigenvalue weighted by atomic mass is 32.2. The van der Waals surface area contributed by atoms with Gasteiger partial charge in [-0.05, 0) is 35.9 Å². The van der Waals surface area contributed by atoms with Crippen molar-refractivity contribution < 1.29 is 13.2 Å². The summed E-state index contributed by atoms with van der Waals surface area (Å²) in [6.45, 7) is 1.61. The molecule has 0 unspecified atom stereocenters. The van der Waals surface area contributed by atoms with Crippen molar-refractivity contribution in [3.8, 4) is 0 Å². The van der Waals surface area contributed by atoms with Crippen LogP contribution in [0.5, 0.6) is 0 Å². The third-order valence-electron chi connectivity index (χ3n) is 3.03. The zero-order chi connectivity index (χ0) is 15.3. The van der Waals surface area contributed by atoms with E-state index < -0.39 is 9.84 Å². The van der Waals surface area contributed by atoms with E-state index in [1.165, 1.54) is 0 Å². The van der Waals surface area contributed by atoms with Crippen LogP contribution in [0.2, 0.25) is 0 Å². The van der Waals surface area contributed by atoms with Crippen molar-refractivity contribution in [2.24, 2.45) is 0 Å². The Kier molecular flexibility index (Phi) is 4.75. The van der Waals surface area contributed by atoms with E-state index >= 15 is 0 Å². The molecule has 1 N–H and O–H groups in total. The van der Waals surface area contributed by atoms with Gasteiger partial charge < -0.3 is 5.32 Å². The van der Waals surface area contributed by atoms with Crippen LogP contribution in [0, 0.1) is 6.07 Å². The number of benzene rings is 2. The summed E-state index contributed by atoms with van der Waals surface area (Å²) < 4.78 is 23.4. The van der Waals surface area contributed by atoms with E-state index in [0.717, 1.165) is 5.56 Å². The summed E-state index contributed by atoms with van der Waals surface area (Å²) in [7, 11) is -3.20. The van der Waals surface area contributed by atoms with E-state index in [4.69, 9.17) is 0 Å². The fraction of sp³-hybridized carbons (Fsp3) is 0.188. The van der Waals surface area contributed by atoms with Crippen molar-refractivity contribution in [1.29, 1.82) is 0 Å². The van der Waals surface area contributed by atoms with Crippen LogP contribution in [0.15, 0.2) is 53.4 Å². The highest BCUT2D eigenvalue weighted by Crippen LogP contribution is 2.13. The largest absolute Gasteiger partial charge is 0.326 e. The molecule has 109 valence electrons. The molecule has 0 atom stereocenters. The molecule has 5 heteroatoms. The lowest BCUT2D eigenvalue weighted by Crippen LogP contribution is -2.14. The molecular weight excluding hydrogens is 286 g/mol. The molecule has 0 aromatic heterocycles. The summed E-state index contributed by atoms with van der Waals surface area (Å²) in [5.41, 5.74) is 1.48. The fourth-order valence-electron chi connectivity index (χ4n) is 1.84. The van der Waals surface area contributed by atoms with Crippen molar-refractivity contribution in [3.05, 3.63) is 60.2 Å². The normalized spacial score (nSPS) is 11.1. The topological polar surface area (TPSA) is 63.2 Å². The average Bonchev–Trinajstić information content (AvgIpc) is 2.48. The minimum Gasteiger partial charge on any atom is -0.326 e. The molecule has 0 aliphatic heterocycles. The lowest BCUT2D eigenvalue weighted by molar-refractivity contribution is -0.115. The Hall–Kier alpha value is -2.14. The van der Waals surface area contributed by atoms with Crippen LogP contribution in [0.4, 0.5) is 5.69 Å². The predicted octanol–water partition coefficient (Wildman–Crippen LogP) is 2.46. The molecule has 21 heavy (non-hydrogen) atoms. The second-order valence-electron chi connectivity index (χ2n) is 4.56. The number of carbonyl (C=O) groups is 1. The van der Waals surface area contributed by atoms with E-state index in [9.17, 15) is 13.2 Å². The second kappa shape index (κ2) is 6.54. The highest BCUT2D eigenvalue weighted by Gasteiger charge is 2.11. The lowest BCUT2D eigenvalue weighted by Gasteiger charge is -2.06. The minimum absolute atomic E-state index is 0.0673. The summed E-state index contributed by atoms with van der Waals surface area (Å²) >= 11 is 0. The van der Waals surface area contributed by atoms with Gasteiger partial charge in [0.2, 0.25) is 5.91 Å². The van der Waals surface area contributed by atoms with E-state index in [2.05, 4.69) is 11.4 Å². The Labute approximate surface area is 124 Å². The summed E-state index contributed by atoms with van der Waals surface area (Å²) in [5.74, 6) is -0.0787. The number of amides is 1. The number of hydrogen-bond acceptors (Lipinski definition) is 3. The third kappa shape index (κ3) is 4.16. The molecule has 0 saturated heterocycles. The predicted molar refractivity (Wildman–Crippen MR) is 81.8 cm³/mol. The summed E-state index contributed by atoms with van der Waals surface area (Å²) in [4.78, 5) is 12.2. The van der Waals surface area contributed by atoms with Crippen LogP contribution < -0.4 is 5.32 Å². The Morgan fingerprint density at radius 1 is 1.10 bits per heavy atom.